The number of alkyl halides is 3. The summed E-state index contributed by atoms with van der Waals surface area (Å²) in [6.07, 6.45) is -6.93. The lowest BCUT2D eigenvalue weighted by molar-refractivity contribution is -0.248. The molecule has 0 N–H and O–H groups in total. The molecule has 0 unspecified atom stereocenters. The number of hydrogen-bond acceptors (Lipinski definition) is 3. The molecule has 6 heteroatoms. The van der Waals surface area contributed by atoms with Crippen LogP contribution >= 0.6 is 0 Å². The number of hydrogen-bond donors (Lipinski definition) is 0. The largest absolute Gasteiger partial charge is 0.466 e. The van der Waals surface area contributed by atoms with E-state index in [-0.39, 0.29) is 25.4 Å². The number of ether oxygens (including phenoxy) is 2. The van der Waals surface area contributed by atoms with Crippen LogP contribution in [0.2, 0.25) is 0 Å². The number of carbonyl (C=O) groups is 1. The minimum Gasteiger partial charge on any atom is -0.466 e. The van der Waals surface area contributed by atoms with E-state index < -0.39 is 24.4 Å². The van der Waals surface area contributed by atoms with Crippen molar-refractivity contribution in [2.45, 2.75) is 50.5 Å². The van der Waals surface area contributed by atoms with E-state index in [9.17, 15) is 18.0 Å². The van der Waals surface area contributed by atoms with Gasteiger partial charge in [0.25, 0.3) is 0 Å². The van der Waals surface area contributed by atoms with Gasteiger partial charge in [-0.3, -0.25) is 4.79 Å². The number of esters is 1. The third kappa shape index (κ3) is 4.47. The van der Waals surface area contributed by atoms with Gasteiger partial charge < -0.3 is 9.47 Å². The lowest BCUT2D eigenvalue weighted by Crippen LogP contribution is -2.42. The highest BCUT2D eigenvalue weighted by atomic mass is 19.4. The smallest absolute Gasteiger partial charge is 0.414 e. The first-order chi connectivity index (χ1) is 10.4. The maximum absolute atomic E-state index is 13.0. The SMILES string of the molecule is CCOC(=O)C[C@H]1C[C@H](c2ccccc2)C[C@@H](C(F)(F)F)O1. The second-order valence-electron chi connectivity index (χ2n) is 5.38. The molecule has 1 aromatic rings. The van der Waals surface area contributed by atoms with Crippen molar-refractivity contribution in [2.24, 2.45) is 0 Å². The Morgan fingerprint density at radius 2 is 1.95 bits per heavy atom. The average molecular weight is 316 g/mol. The van der Waals surface area contributed by atoms with E-state index in [1.807, 2.05) is 18.2 Å². The van der Waals surface area contributed by atoms with Crippen LogP contribution < -0.4 is 0 Å². The van der Waals surface area contributed by atoms with Crippen molar-refractivity contribution in [3.63, 3.8) is 0 Å². The molecule has 1 heterocycles. The van der Waals surface area contributed by atoms with Crippen molar-refractivity contribution in [1.29, 1.82) is 0 Å². The second kappa shape index (κ2) is 7.13. The number of rotatable bonds is 4. The van der Waals surface area contributed by atoms with E-state index >= 15 is 0 Å². The third-order valence-corrected chi connectivity index (χ3v) is 3.74. The summed E-state index contributed by atoms with van der Waals surface area (Å²) < 4.78 is 49.0. The van der Waals surface area contributed by atoms with E-state index in [1.54, 1.807) is 19.1 Å². The minimum atomic E-state index is -4.43. The molecule has 3 nitrogen and oxygen atoms in total. The lowest BCUT2D eigenvalue weighted by Gasteiger charge is -2.36. The van der Waals surface area contributed by atoms with E-state index in [1.165, 1.54) is 0 Å². The van der Waals surface area contributed by atoms with Crippen molar-refractivity contribution < 1.29 is 27.4 Å². The van der Waals surface area contributed by atoms with E-state index in [4.69, 9.17) is 9.47 Å². The summed E-state index contributed by atoms with van der Waals surface area (Å²) >= 11 is 0. The Morgan fingerprint density at radius 3 is 2.55 bits per heavy atom. The predicted octanol–water partition coefficient (Wildman–Crippen LogP) is 3.83. The van der Waals surface area contributed by atoms with Crippen LogP contribution in [0.4, 0.5) is 13.2 Å². The fourth-order valence-electron chi connectivity index (χ4n) is 2.76. The van der Waals surface area contributed by atoms with E-state index in [0.717, 1.165) is 5.56 Å². The van der Waals surface area contributed by atoms with Crippen molar-refractivity contribution in [1.82, 2.24) is 0 Å². The van der Waals surface area contributed by atoms with Crippen molar-refractivity contribution >= 4 is 5.97 Å². The molecule has 1 fully saturated rings. The first kappa shape index (κ1) is 16.8. The number of halogens is 3. The minimum absolute atomic E-state index is 0.118. The maximum atomic E-state index is 13.0. The predicted molar refractivity (Wildman–Crippen MR) is 74.4 cm³/mol. The number of carbonyl (C=O) groups excluding carboxylic acids is 1. The summed E-state index contributed by atoms with van der Waals surface area (Å²) in [5.41, 5.74) is 0.842. The van der Waals surface area contributed by atoms with Crippen LogP contribution in [0, 0.1) is 0 Å². The fraction of sp³-hybridized carbons (Fsp3) is 0.562. The fourth-order valence-corrected chi connectivity index (χ4v) is 2.76. The lowest BCUT2D eigenvalue weighted by atomic mass is 9.85. The summed E-state index contributed by atoms with van der Waals surface area (Å²) in [4.78, 5) is 11.5. The van der Waals surface area contributed by atoms with Crippen molar-refractivity contribution in [2.75, 3.05) is 6.61 Å². The normalized spacial score (nSPS) is 25.7. The van der Waals surface area contributed by atoms with Crippen LogP contribution in [-0.2, 0) is 14.3 Å². The van der Waals surface area contributed by atoms with Gasteiger partial charge >= 0.3 is 12.1 Å². The van der Waals surface area contributed by atoms with Gasteiger partial charge in [0.05, 0.1) is 19.1 Å². The topological polar surface area (TPSA) is 35.5 Å². The molecule has 0 amide bonds. The summed E-state index contributed by atoms with van der Waals surface area (Å²) in [5, 5.41) is 0. The zero-order chi connectivity index (χ0) is 16.2. The monoisotopic (exact) mass is 316 g/mol. The van der Waals surface area contributed by atoms with Gasteiger partial charge in [-0.2, -0.15) is 13.2 Å². The van der Waals surface area contributed by atoms with Gasteiger partial charge in [-0.1, -0.05) is 30.3 Å². The van der Waals surface area contributed by atoms with Crippen LogP contribution in [0.5, 0.6) is 0 Å². The van der Waals surface area contributed by atoms with Gasteiger partial charge in [0.2, 0.25) is 0 Å². The van der Waals surface area contributed by atoms with Crippen molar-refractivity contribution in [3.8, 4) is 0 Å². The highest BCUT2D eigenvalue weighted by molar-refractivity contribution is 5.70. The molecule has 1 aliphatic heterocycles. The molecule has 0 aromatic heterocycles. The summed E-state index contributed by atoms with van der Waals surface area (Å²) in [5.74, 6) is -0.803. The Morgan fingerprint density at radius 1 is 1.27 bits per heavy atom. The molecular formula is C16H19F3O3. The molecule has 2 rings (SSSR count). The van der Waals surface area contributed by atoms with Gasteiger partial charge in [-0.25, -0.2) is 0 Å². The Kier molecular flexibility index (Phi) is 5.45. The van der Waals surface area contributed by atoms with Gasteiger partial charge in [0.15, 0.2) is 6.10 Å². The molecule has 0 radical (unpaired) electrons. The Hall–Kier alpha value is -1.56. The molecule has 0 aliphatic carbocycles. The Labute approximate surface area is 127 Å². The van der Waals surface area contributed by atoms with Crippen LogP contribution in [-0.4, -0.2) is 31.0 Å². The van der Waals surface area contributed by atoms with Crippen LogP contribution in [0.1, 0.15) is 37.7 Å². The molecule has 0 bridgehead atoms. The average Bonchev–Trinajstić information content (AvgIpc) is 2.47. The zero-order valence-corrected chi connectivity index (χ0v) is 12.3. The van der Waals surface area contributed by atoms with Gasteiger partial charge in [-0.05, 0) is 31.2 Å². The van der Waals surface area contributed by atoms with E-state index in [0.29, 0.717) is 6.42 Å². The second-order valence-corrected chi connectivity index (χ2v) is 5.38. The molecule has 0 spiro atoms. The van der Waals surface area contributed by atoms with Gasteiger partial charge in [0, 0.05) is 0 Å². The summed E-state index contributed by atoms with van der Waals surface area (Å²) in [6, 6.07) is 9.04. The first-order valence-electron chi connectivity index (χ1n) is 7.33. The number of benzene rings is 1. The zero-order valence-electron chi connectivity index (χ0n) is 12.3. The Bertz CT molecular complexity index is 487. The molecule has 3 atom stereocenters. The highest BCUT2D eigenvalue weighted by Gasteiger charge is 2.46. The summed E-state index contributed by atoms with van der Waals surface area (Å²) in [7, 11) is 0. The highest BCUT2D eigenvalue weighted by Crippen LogP contribution is 2.40. The molecule has 0 saturated carbocycles. The summed E-state index contributed by atoms with van der Waals surface area (Å²) in [6.45, 7) is 1.86. The van der Waals surface area contributed by atoms with Crippen molar-refractivity contribution in [3.05, 3.63) is 35.9 Å². The standard InChI is InChI=1S/C16H19F3O3/c1-2-21-15(20)10-13-8-12(11-6-4-3-5-7-11)9-14(22-13)16(17,18)19/h3-7,12-14H,2,8-10H2,1H3/t12-,13+,14-/m0/s1. The van der Waals surface area contributed by atoms with Crippen LogP contribution in [0.25, 0.3) is 0 Å². The molecule has 22 heavy (non-hydrogen) atoms. The van der Waals surface area contributed by atoms with Gasteiger partial charge in [0.1, 0.15) is 0 Å². The van der Waals surface area contributed by atoms with Gasteiger partial charge in [-0.15, -0.1) is 0 Å². The van der Waals surface area contributed by atoms with Crippen LogP contribution in [0.15, 0.2) is 30.3 Å². The van der Waals surface area contributed by atoms with Crippen LogP contribution in [0.3, 0.4) is 0 Å². The quantitative estimate of drug-likeness (QED) is 0.792. The molecule has 122 valence electrons. The molecule has 1 saturated heterocycles. The third-order valence-electron chi connectivity index (χ3n) is 3.74. The molecule has 1 aliphatic rings. The maximum Gasteiger partial charge on any atom is 0.414 e. The molecular weight excluding hydrogens is 297 g/mol. The molecule has 1 aromatic carbocycles. The Balaban J connectivity index is 2.12. The van der Waals surface area contributed by atoms with E-state index in [2.05, 4.69) is 0 Å². The first-order valence-corrected chi connectivity index (χ1v) is 7.33.